The molecule has 2 aliphatic rings. The molecule has 1 aromatic heterocycles. The summed E-state index contributed by atoms with van der Waals surface area (Å²) in [6.45, 7) is 10.1. The van der Waals surface area contributed by atoms with Crippen molar-refractivity contribution < 1.29 is 47.9 Å². The van der Waals surface area contributed by atoms with Crippen LogP contribution in [-0.4, -0.2) is 192 Å². The van der Waals surface area contributed by atoms with Crippen LogP contribution in [0.3, 0.4) is 0 Å². The van der Waals surface area contributed by atoms with Gasteiger partial charge in [-0.2, -0.15) is 5.26 Å². The fraction of sp³-hybridized carbons (Fsp3) is 0.641. The number of amides is 3. The fourth-order valence-corrected chi connectivity index (χ4v) is 7.20. The van der Waals surface area contributed by atoms with Gasteiger partial charge in [0.15, 0.2) is 0 Å². The van der Waals surface area contributed by atoms with E-state index in [-0.39, 0.29) is 31.3 Å². The number of hydrogen-bond acceptors (Lipinski definition) is 13. The highest BCUT2D eigenvalue weighted by Gasteiger charge is 2.47. The number of halogens is 2. The van der Waals surface area contributed by atoms with Gasteiger partial charge in [0, 0.05) is 83.5 Å². The van der Waals surface area contributed by atoms with Gasteiger partial charge >= 0.3 is 5.97 Å². The number of carboxylic acid groups (broad SMARTS) is 1. The molecule has 2 saturated heterocycles. The van der Waals surface area contributed by atoms with Crippen LogP contribution in [0.4, 0.5) is 8.78 Å². The van der Waals surface area contributed by atoms with Crippen molar-refractivity contribution in [2.75, 3.05) is 112 Å². The lowest BCUT2D eigenvalue weighted by Crippen LogP contribution is -2.52. The predicted octanol–water partition coefficient (Wildman–Crippen LogP) is 1.90. The first-order valence-corrected chi connectivity index (χ1v) is 19.9. The Morgan fingerprint density at radius 3 is 2.29 bits per heavy atom. The van der Waals surface area contributed by atoms with Gasteiger partial charge in [-0.15, -0.1) is 0 Å². The number of piperazine rings is 1. The van der Waals surface area contributed by atoms with Gasteiger partial charge < -0.3 is 25.0 Å². The van der Waals surface area contributed by atoms with Crippen LogP contribution in [0.25, 0.3) is 10.9 Å². The molecule has 1 atom stereocenters. The van der Waals surface area contributed by atoms with Crippen molar-refractivity contribution in [2.24, 2.45) is 0 Å². The number of nitrogens with one attached hydrogen (secondary N) is 1. The molecule has 4 rings (SSSR count). The molecule has 1 aromatic carbocycles. The summed E-state index contributed by atoms with van der Waals surface area (Å²) in [5.74, 6) is -4.87. The highest BCUT2D eigenvalue weighted by molar-refractivity contribution is 6.07. The van der Waals surface area contributed by atoms with Crippen LogP contribution in [0, 0.1) is 11.3 Å². The lowest BCUT2D eigenvalue weighted by Gasteiger charge is -2.36. The summed E-state index contributed by atoms with van der Waals surface area (Å²) in [6.07, 6.45) is 3.12. The largest absolute Gasteiger partial charge is 0.494 e. The number of likely N-dealkylation sites (tertiary alicyclic amines) is 1. The van der Waals surface area contributed by atoms with Crippen molar-refractivity contribution >= 4 is 34.6 Å². The Balaban J connectivity index is 1.23. The Morgan fingerprint density at radius 1 is 0.966 bits per heavy atom. The maximum absolute atomic E-state index is 13.8. The Labute approximate surface area is 337 Å². The maximum atomic E-state index is 13.8. The zero-order valence-electron chi connectivity index (χ0n) is 33.5. The van der Waals surface area contributed by atoms with E-state index < -0.39 is 49.3 Å². The molecule has 2 fully saturated rings. The van der Waals surface area contributed by atoms with Gasteiger partial charge in [-0.1, -0.05) is 13.8 Å². The molecule has 19 heteroatoms. The molecule has 3 amide bonds. The van der Waals surface area contributed by atoms with Crippen molar-refractivity contribution in [3.05, 3.63) is 36.0 Å². The summed E-state index contributed by atoms with van der Waals surface area (Å²) in [7, 11) is 0. The van der Waals surface area contributed by atoms with Crippen molar-refractivity contribution in [1.29, 1.82) is 5.26 Å². The van der Waals surface area contributed by atoms with Crippen molar-refractivity contribution in [3.8, 4) is 11.8 Å². The maximum Gasteiger partial charge on any atom is 0.317 e. The van der Waals surface area contributed by atoms with Gasteiger partial charge in [-0.3, -0.25) is 49.0 Å². The Morgan fingerprint density at radius 2 is 1.64 bits per heavy atom. The lowest BCUT2D eigenvalue weighted by molar-refractivity contribution is -0.269. The molecule has 1 unspecified atom stereocenters. The minimum absolute atomic E-state index is 0.0121. The predicted molar refractivity (Wildman–Crippen MR) is 209 cm³/mol. The van der Waals surface area contributed by atoms with Gasteiger partial charge in [0.25, 0.3) is 11.8 Å². The number of aliphatic carboxylic acids is 1. The second kappa shape index (κ2) is 23.1. The standard InChI is InChI=1S/C39H57F2N9O8/c1-3-10-46(27-37(53)54)13-14-47(15-16-48(11-4-2)29-58-56)26-36(52)49-19-17-45(18-20-49)12-5-21-57-31-6-7-34-33(22-31)32(8-9-43-34)38(55)44-25-35(51)50-28-39(40,41)23-30(50)24-42/h6-9,22,30,56H,3-5,10-21,23,25-29H2,1-2H3,(H,44,55)(H,53,54). The number of benzene rings is 1. The van der Waals surface area contributed by atoms with Gasteiger partial charge in [-0.05, 0) is 50.1 Å². The zero-order chi connectivity index (χ0) is 42.1. The average molecular weight is 818 g/mol. The van der Waals surface area contributed by atoms with Crippen molar-refractivity contribution in [3.63, 3.8) is 0 Å². The summed E-state index contributed by atoms with van der Waals surface area (Å²) in [5.41, 5.74) is 0.755. The molecule has 2 aliphatic heterocycles. The summed E-state index contributed by atoms with van der Waals surface area (Å²) < 4.78 is 33.6. The van der Waals surface area contributed by atoms with Gasteiger partial charge in [-0.25, -0.2) is 13.7 Å². The molecule has 0 aliphatic carbocycles. The normalized spacial score (nSPS) is 17.0. The Bertz CT molecular complexity index is 1700. The highest BCUT2D eigenvalue weighted by atomic mass is 19.3. The van der Waals surface area contributed by atoms with Gasteiger partial charge in [0.2, 0.25) is 11.8 Å². The summed E-state index contributed by atoms with van der Waals surface area (Å²) in [5, 5.41) is 30.5. The van der Waals surface area contributed by atoms with E-state index in [1.165, 1.54) is 12.3 Å². The van der Waals surface area contributed by atoms with E-state index in [2.05, 4.69) is 20.1 Å². The summed E-state index contributed by atoms with van der Waals surface area (Å²) in [6, 6.07) is 7.12. The van der Waals surface area contributed by atoms with E-state index in [4.69, 9.17) is 9.99 Å². The molecular weight excluding hydrogens is 760 g/mol. The number of alkyl halides is 2. The van der Waals surface area contributed by atoms with Crippen LogP contribution < -0.4 is 10.1 Å². The molecule has 0 spiro atoms. The third-order valence-electron chi connectivity index (χ3n) is 10.2. The van der Waals surface area contributed by atoms with Gasteiger partial charge in [0.05, 0.1) is 49.9 Å². The average Bonchev–Trinajstić information content (AvgIpc) is 3.53. The van der Waals surface area contributed by atoms with Gasteiger partial charge in [0.1, 0.15) is 18.5 Å². The summed E-state index contributed by atoms with van der Waals surface area (Å²) >= 11 is 0. The van der Waals surface area contributed by atoms with E-state index in [0.717, 1.165) is 30.8 Å². The SMILES string of the molecule is CCCN(CCN(CCN(CCC)CC(=O)O)CC(=O)N1CCN(CCCOc2ccc3nccc(C(=O)NCC(=O)N4CC(F)(F)CC4C#N)c3c2)CC1)COO. The van der Waals surface area contributed by atoms with E-state index in [9.17, 15) is 38.3 Å². The molecular formula is C39H57F2N9O8. The van der Waals surface area contributed by atoms with E-state index in [1.54, 1.807) is 24.3 Å². The Kier molecular flexibility index (Phi) is 18.4. The quantitative estimate of drug-likeness (QED) is 0.0602. The molecule has 3 heterocycles. The van der Waals surface area contributed by atoms with Crippen molar-refractivity contribution in [1.82, 2.24) is 39.7 Å². The zero-order valence-corrected chi connectivity index (χ0v) is 33.5. The number of nitrogens with zero attached hydrogens (tertiary/aromatic N) is 8. The van der Waals surface area contributed by atoms with Crippen LogP contribution in [0.5, 0.6) is 5.75 Å². The number of nitriles is 1. The highest BCUT2D eigenvalue weighted by Crippen LogP contribution is 2.31. The lowest BCUT2D eigenvalue weighted by atomic mass is 10.1. The van der Waals surface area contributed by atoms with E-state index >= 15 is 0 Å². The molecule has 0 bridgehead atoms. The van der Waals surface area contributed by atoms with Crippen LogP contribution >= 0.6 is 0 Å². The molecule has 0 radical (unpaired) electrons. The first-order valence-electron chi connectivity index (χ1n) is 19.9. The van der Waals surface area contributed by atoms with Crippen LogP contribution in [0.15, 0.2) is 30.5 Å². The smallest absolute Gasteiger partial charge is 0.317 e. The molecule has 2 aromatic rings. The number of ether oxygens (including phenoxy) is 1. The summed E-state index contributed by atoms with van der Waals surface area (Å²) in [4.78, 5) is 70.1. The number of rotatable bonds is 24. The van der Waals surface area contributed by atoms with Crippen LogP contribution in [0.2, 0.25) is 0 Å². The first-order chi connectivity index (χ1) is 27.9. The minimum atomic E-state index is -3.15. The third-order valence-corrected chi connectivity index (χ3v) is 10.2. The molecule has 3 N–H and O–H groups in total. The number of carboxylic acids is 1. The molecule has 17 nitrogen and oxygen atoms in total. The number of carbonyl (C=O) groups is 4. The second-order valence-corrected chi connectivity index (χ2v) is 14.7. The van der Waals surface area contributed by atoms with E-state index in [1.807, 2.05) is 33.4 Å². The molecule has 0 saturated carbocycles. The molecule has 58 heavy (non-hydrogen) atoms. The monoisotopic (exact) mass is 817 g/mol. The molecule has 320 valence electrons. The topological polar surface area (TPSA) is 195 Å². The Hall–Kier alpha value is -4.58. The van der Waals surface area contributed by atoms with Crippen LogP contribution in [0.1, 0.15) is 49.9 Å². The fourth-order valence-electron chi connectivity index (χ4n) is 7.20. The number of pyridine rings is 1. The number of fused-ring (bicyclic) bond motifs is 1. The first kappa shape index (κ1) is 46.1. The van der Waals surface area contributed by atoms with Crippen LogP contribution in [-0.2, 0) is 19.3 Å². The third kappa shape index (κ3) is 14.4. The second-order valence-electron chi connectivity index (χ2n) is 14.7. The number of carbonyl (C=O) groups excluding carboxylic acids is 3. The number of aromatic nitrogens is 1. The minimum Gasteiger partial charge on any atom is -0.494 e. The van der Waals surface area contributed by atoms with Crippen molar-refractivity contribution in [2.45, 2.75) is 51.5 Å². The van der Waals surface area contributed by atoms with E-state index in [0.29, 0.717) is 88.6 Å². The number of hydrogen-bond donors (Lipinski definition) is 3.